The van der Waals surface area contributed by atoms with Crippen LogP contribution >= 0.6 is 0 Å². The number of benzene rings is 3. The van der Waals surface area contributed by atoms with E-state index in [1.165, 1.54) is 60.7 Å². The Bertz CT molecular complexity index is 1370. The minimum atomic E-state index is -3.73. The van der Waals surface area contributed by atoms with E-state index in [-0.39, 0.29) is 14.7 Å². The molecule has 0 aliphatic rings. The van der Waals surface area contributed by atoms with Crippen LogP contribution in [0.25, 0.3) is 0 Å². The number of rotatable bonds is 8. The van der Waals surface area contributed by atoms with E-state index in [1.54, 1.807) is 26.6 Å². The first-order valence-corrected chi connectivity index (χ1v) is 13.9. The van der Waals surface area contributed by atoms with Crippen molar-refractivity contribution in [3.05, 3.63) is 78.4 Å². The van der Waals surface area contributed by atoms with Crippen LogP contribution in [0.4, 0.5) is 0 Å². The Kier molecular flexibility index (Phi) is 9.44. The third-order valence-electron chi connectivity index (χ3n) is 4.30. The van der Waals surface area contributed by atoms with Crippen LogP contribution in [-0.4, -0.2) is 25.3 Å². The van der Waals surface area contributed by atoms with Gasteiger partial charge in [-0.2, -0.15) is 14.5 Å². The Balaban J connectivity index is 0.000000303. The zero-order valence-corrected chi connectivity index (χ0v) is 20.7. The number of hydrazine groups is 3. The van der Waals surface area contributed by atoms with Gasteiger partial charge in [0.15, 0.2) is 0 Å². The minimum absolute atomic E-state index is 0.0113. The Hall–Kier alpha value is -2.93. The lowest BCUT2D eigenvalue weighted by Crippen LogP contribution is -2.30. The van der Waals surface area contributed by atoms with E-state index in [1.807, 2.05) is 6.92 Å². The molecule has 16 heteroatoms. The molecule has 0 spiro atoms. The molecule has 0 aliphatic carbocycles. The van der Waals surface area contributed by atoms with Gasteiger partial charge in [0.1, 0.15) is 11.5 Å². The fourth-order valence-corrected chi connectivity index (χ4v) is 4.32. The first-order chi connectivity index (χ1) is 16.3. The molecule has 0 atom stereocenters. The molecule has 9 N–H and O–H groups in total. The zero-order chi connectivity index (χ0) is 26.3. The van der Waals surface area contributed by atoms with Crippen molar-refractivity contribution in [2.24, 2.45) is 17.5 Å². The quantitative estimate of drug-likeness (QED) is 0.163. The minimum Gasteiger partial charge on any atom is -0.457 e. The highest BCUT2D eigenvalue weighted by Gasteiger charge is 2.13. The molecule has 13 nitrogen and oxygen atoms in total. The number of hydrogen-bond donors (Lipinski definition) is 6. The third kappa shape index (κ3) is 7.79. The maximum absolute atomic E-state index is 11.5. The predicted octanol–water partition coefficient (Wildman–Crippen LogP) is -0.0701. The molecule has 3 aromatic carbocycles. The second-order valence-electron chi connectivity index (χ2n) is 6.72. The summed E-state index contributed by atoms with van der Waals surface area (Å²) in [5, 5.41) is 0. The van der Waals surface area contributed by atoms with Crippen molar-refractivity contribution in [1.82, 2.24) is 14.5 Å². The standard InChI is InChI=1S/C12H14N4O5S2.C7H10N2O2S/c13-15-22(17,18)11-5-1-9(2-6-11)21-10-3-7-12(8-4-10)23(19,20)16-14;1-6-2-4-7(5-3-6)12(10,11)9-8/h1-8,15-16H,13-14H2;2-5,9H,8H2,1H3. The molecule has 35 heavy (non-hydrogen) atoms. The van der Waals surface area contributed by atoms with E-state index in [2.05, 4.69) is 0 Å². The average Bonchev–Trinajstić information content (AvgIpc) is 2.85. The fraction of sp³-hybridized carbons (Fsp3) is 0.0526. The van der Waals surface area contributed by atoms with Gasteiger partial charge in [-0.1, -0.05) is 17.7 Å². The van der Waals surface area contributed by atoms with E-state index < -0.39 is 30.1 Å². The van der Waals surface area contributed by atoms with Crippen LogP contribution in [0.3, 0.4) is 0 Å². The lowest BCUT2D eigenvalue weighted by molar-refractivity contribution is 0.481. The molecule has 0 aromatic heterocycles. The molecular weight excluding hydrogens is 520 g/mol. The Labute approximate surface area is 203 Å². The molecule has 190 valence electrons. The summed E-state index contributed by atoms with van der Waals surface area (Å²) in [5.74, 6) is 15.4. The molecule has 0 saturated carbocycles. The maximum atomic E-state index is 11.5. The molecule has 0 heterocycles. The number of nitrogens with two attached hydrogens (primary N) is 3. The molecule has 3 rings (SSSR count). The molecule has 0 fully saturated rings. The first-order valence-electron chi connectivity index (χ1n) is 9.46. The van der Waals surface area contributed by atoms with Gasteiger partial charge in [0.2, 0.25) is 0 Å². The topological polar surface area (TPSA) is 226 Å². The summed E-state index contributed by atoms with van der Waals surface area (Å²) in [6.45, 7) is 1.88. The molecule has 0 unspecified atom stereocenters. The molecule has 0 aliphatic heterocycles. The lowest BCUT2D eigenvalue weighted by Gasteiger charge is -2.08. The summed E-state index contributed by atoms with van der Waals surface area (Å²) in [4.78, 5) is 5.33. The second kappa shape index (κ2) is 11.7. The van der Waals surface area contributed by atoms with Gasteiger partial charge in [-0.05, 0) is 67.6 Å². The molecule has 0 bridgehead atoms. The molecule has 0 radical (unpaired) electrons. The SMILES string of the molecule is Cc1ccc(S(=O)(=O)NN)cc1.NNS(=O)(=O)c1ccc(Oc2ccc(S(=O)(=O)NN)cc2)cc1. The van der Waals surface area contributed by atoms with Crippen molar-refractivity contribution in [3.63, 3.8) is 0 Å². The van der Waals surface area contributed by atoms with Crippen molar-refractivity contribution >= 4 is 30.1 Å². The molecule has 3 aromatic rings. The number of ether oxygens (including phenoxy) is 1. The van der Waals surface area contributed by atoms with Crippen molar-refractivity contribution < 1.29 is 30.0 Å². The highest BCUT2D eigenvalue weighted by molar-refractivity contribution is 7.90. The van der Waals surface area contributed by atoms with Gasteiger partial charge in [0, 0.05) is 0 Å². The highest BCUT2D eigenvalue weighted by Crippen LogP contribution is 2.24. The van der Waals surface area contributed by atoms with E-state index in [9.17, 15) is 25.3 Å². The Morgan fingerprint density at radius 3 is 1.03 bits per heavy atom. The Morgan fingerprint density at radius 2 is 0.771 bits per heavy atom. The second-order valence-corrected chi connectivity index (χ2v) is 11.9. The van der Waals surface area contributed by atoms with Crippen LogP contribution in [0.1, 0.15) is 5.56 Å². The molecule has 0 saturated heterocycles. The van der Waals surface area contributed by atoms with Gasteiger partial charge >= 0.3 is 0 Å². The van der Waals surface area contributed by atoms with Crippen LogP contribution in [0.5, 0.6) is 11.5 Å². The van der Waals surface area contributed by atoms with E-state index in [0.29, 0.717) is 11.5 Å². The predicted molar refractivity (Wildman–Crippen MR) is 128 cm³/mol. The van der Waals surface area contributed by atoms with Crippen LogP contribution in [-0.2, 0) is 30.1 Å². The van der Waals surface area contributed by atoms with Gasteiger partial charge < -0.3 is 4.74 Å². The molecular formula is C19H24N6O7S3. The van der Waals surface area contributed by atoms with Gasteiger partial charge in [-0.15, -0.1) is 0 Å². The average molecular weight is 545 g/mol. The summed E-state index contributed by atoms with van der Waals surface area (Å²) >= 11 is 0. The maximum Gasteiger partial charge on any atom is 0.253 e. The van der Waals surface area contributed by atoms with Gasteiger partial charge in [0.25, 0.3) is 30.1 Å². The van der Waals surface area contributed by atoms with Crippen molar-refractivity contribution in [3.8, 4) is 11.5 Å². The summed E-state index contributed by atoms with van der Waals surface area (Å²) in [6.07, 6.45) is 0. The van der Waals surface area contributed by atoms with Crippen LogP contribution < -0.4 is 36.8 Å². The Morgan fingerprint density at radius 1 is 0.514 bits per heavy atom. The highest BCUT2D eigenvalue weighted by atomic mass is 32.2. The van der Waals surface area contributed by atoms with E-state index in [0.717, 1.165) is 5.56 Å². The fourth-order valence-electron chi connectivity index (χ4n) is 2.43. The number of aryl methyl sites for hydroxylation is 1. The monoisotopic (exact) mass is 544 g/mol. The van der Waals surface area contributed by atoms with Gasteiger partial charge in [0.05, 0.1) is 14.7 Å². The smallest absolute Gasteiger partial charge is 0.253 e. The van der Waals surface area contributed by atoms with Crippen LogP contribution in [0.2, 0.25) is 0 Å². The normalized spacial score (nSPS) is 11.9. The van der Waals surface area contributed by atoms with Crippen LogP contribution in [0.15, 0.2) is 87.5 Å². The summed E-state index contributed by atoms with van der Waals surface area (Å²) in [5.41, 5.74) is 1.01. The summed E-state index contributed by atoms with van der Waals surface area (Å²) < 4.78 is 73.6. The van der Waals surface area contributed by atoms with Crippen molar-refractivity contribution in [1.29, 1.82) is 0 Å². The molecule has 0 amide bonds. The number of nitrogens with one attached hydrogen (secondary N) is 3. The summed E-state index contributed by atoms with van der Waals surface area (Å²) in [6, 6.07) is 17.5. The van der Waals surface area contributed by atoms with Crippen molar-refractivity contribution in [2.45, 2.75) is 21.6 Å². The van der Waals surface area contributed by atoms with E-state index in [4.69, 9.17) is 22.3 Å². The van der Waals surface area contributed by atoms with Gasteiger partial charge in [-0.25, -0.2) is 25.3 Å². The zero-order valence-electron chi connectivity index (χ0n) is 18.2. The third-order valence-corrected chi connectivity index (χ3v) is 7.91. The van der Waals surface area contributed by atoms with Crippen molar-refractivity contribution in [2.75, 3.05) is 0 Å². The van der Waals surface area contributed by atoms with Gasteiger partial charge in [-0.3, -0.25) is 17.5 Å². The largest absolute Gasteiger partial charge is 0.457 e. The lowest BCUT2D eigenvalue weighted by atomic mass is 10.2. The summed E-state index contributed by atoms with van der Waals surface area (Å²) in [7, 11) is -10.9. The number of sulfonamides is 3. The number of hydrogen-bond acceptors (Lipinski definition) is 10. The van der Waals surface area contributed by atoms with Crippen LogP contribution in [0, 0.1) is 6.92 Å². The first kappa shape index (κ1) is 28.3. The van der Waals surface area contributed by atoms with E-state index >= 15 is 0 Å².